The molecular formula is C13H17FN2O2. The fourth-order valence-corrected chi connectivity index (χ4v) is 2.43. The van der Waals surface area contributed by atoms with Gasteiger partial charge in [-0.3, -0.25) is 0 Å². The number of aromatic carboxylic acids is 1. The fourth-order valence-electron chi connectivity index (χ4n) is 2.43. The third-order valence-electron chi connectivity index (χ3n) is 3.61. The van der Waals surface area contributed by atoms with Crippen LogP contribution >= 0.6 is 0 Å². The Bertz CT molecular complexity index is 456. The van der Waals surface area contributed by atoms with E-state index in [1.807, 2.05) is 0 Å². The molecule has 2 N–H and O–H groups in total. The molecule has 0 aromatic carbocycles. The molecule has 1 aliphatic carbocycles. The van der Waals surface area contributed by atoms with Crippen LogP contribution in [0.5, 0.6) is 0 Å². The summed E-state index contributed by atoms with van der Waals surface area (Å²) in [5, 5.41) is 11.8. The Morgan fingerprint density at radius 1 is 1.56 bits per heavy atom. The number of rotatable bonds is 4. The first-order chi connectivity index (χ1) is 8.52. The Labute approximate surface area is 105 Å². The van der Waals surface area contributed by atoms with Gasteiger partial charge in [-0.1, -0.05) is 19.8 Å². The van der Waals surface area contributed by atoms with Crippen LogP contribution < -0.4 is 5.32 Å². The Morgan fingerprint density at radius 3 is 2.83 bits per heavy atom. The molecule has 0 amide bonds. The Morgan fingerprint density at radius 2 is 2.22 bits per heavy atom. The van der Waals surface area contributed by atoms with Crippen molar-refractivity contribution in [3.63, 3.8) is 0 Å². The second-order valence-electron chi connectivity index (χ2n) is 5.20. The molecule has 1 aliphatic rings. The maximum absolute atomic E-state index is 13.8. The summed E-state index contributed by atoms with van der Waals surface area (Å²) >= 11 is 0. The molecule has 1 aromatic heterocycles. The standard InChI is InChI=1S/C13H17FN2O2/c1-13(5-2-3-6-13)8-16-11-10(14)9(12(17)18)4-7-15-11/h4,7H,2-3,5-6,8H2,1H3,(H,15,16)(H,17,18). The summed E-state index contributed by atoms with van der Waals surface area (Å²) in [6.07, 6.45) is 5.93. The maximum Gasteiger partial charge on any atom is 0.338 e. The van der Waals surface area contributed by atoms with Crippen LogP contribution in [0.15, 0.2) is 12.3 Å². The predicted molar refractivity (Wildman–Crippen MR) is 66.2 cm³/mol. The third-order valence-corrected chi connectivity index (χ3v) is 3.61. The van der Waals surface area contributed by atoms with Gasteiger partial charge >= 0.3 is 5.97 Å². The number of aromatic nitrogens is 1. The molecule has 0 radical (unpaired) electrons. The molecule has 18 heavy (non-hydrogen) atoms. The highest BCUT2D eigenvalue weighted by molar-refractivity contribution is 5.88. The van der Waals surface area contributed by atoms with Gasteiger partial charge < -0.3 is 10.4 Å². The molecule has 5 heteroatoms. The molecule has 98 valence electrons. The number of nitrogens with zero attached hydrogens (tertiary/aromatic N) is 1. The second-order valence-corrected chi connectivity index (χ2v) is 5.20. The summed E-state index contributed by atoms with van der Waals surface area (Å²) in [6, 6.07) is 1.17. The van der Waals surface area contributed by atoms with E-state index in [0.29, 0.717) is 6.54 Å². The molecular weight excluding hydrogens is 235 g/mol. The number of carboxylic acids is 1. The van der Waals surface area contributed by atoms with E-state index in [-0.39, 0.29) is 16.8 Å². The highest BCUT2D eigenvalue weighted by Crippen LogP contribution is 2.37. The molecule has 4 nitrogen and oxygen atoms in total. The molecule has 1 fully saturated rings. The van der Waals surface area contributed by atoms with Gasteiger partial charge in [0.1, 0.15) is 5.56 Å². The van der Waals surface area contributed by atoms with Crippen molar-refractivity contribution in [3.05, 3.63) is 23.6 Å². The number of anilines is 1. The Balaban J connectivity index is 2.10. The first-order valence-corrected chi connectivity index (χ1v) is 6.13. The molecule has 0 atom stereocenters. The maximum atomic E-state index is 13.8. The van der Waals surface area contributed by atoms with Crippen molar-refractivity contribution in [3.8, 4) is 0 Å². The van der Waals surface area contributed by atoms with E-state index < -0.39 is 11.8 Å². The van der Waals surface area contributed by atoms with Crippen LogP contribution in [-0.4, -0.2) is 22.6 Å². The van der Waals surface area contributed by atoms with Crippen LogP contribution in [-0.2, 0) is 0 Å². The van der Waals surface area contributed by atoms with Crippen molar-refractivity contribution in [1.29, 1.82) is 0 Å². The smallest absolute Gasteiger partial charge is 0.338 e. The summed E-state index contributed by atoms with van der Waals surface area (Å²) in [7, 11) is 0. The van der Waals surface area contributed by atoms with Gasteiger partial charge in [0.25, 0.3) is 0 Å². The van der Waals surface area contributed by atoms with E-state index >= 15 is 0 Å². The summed E-state index contributed by atoms with van der Waals surface area (Å²) in [4.78, 5) is 14.7. The molecule has 1 saturated carbocycles. The molecule has 0 saturated heterocycles. The van der Waals surface area contributed by atoms with Crippen molar-refractivity contribution < 1.29 is 14.3 Å². The van der Waals surface area contributed by atoms with Gasteiger partial charge in [-0.25, -0.2) is 14.2 Å². The van der Waals surface area contributed by atoms with Gasteiger partial charge in [-0.15, -0.1) is 0 Å². The van der Waals surface area contributed by atoms with Crippen molar-refractivity contribution in [1.82, 2.24) is 4.98 Å². The molecule has 1 heterocycles. The minimum absolute atomic E-state index is 0.0306. The minimum Gasteiger partial charge on any atom is -0.478 e. The van der Waals surface area contributed by atoms with Crippen molar-refractivity contribution in [2.75, 3.05) is 11.9 Å². The lowest BCUT2D eigenvalue weighted by molar-refractivity contribution is 0.0692. The average Bonchev–Trinajstić information content (AvgIpc) is 2.75. The van der Waals surface area contributed by atoms with Crippen molar-refractivity contribution in [2.24, 2.45) is 5.41 Å². The van der Waals surface area contributed by atoms with E-state index in [4.69, 9.17) is 5.11 Å². The normalized spacial score (nSPS) is 17.7. The number of nitrogens with one attached hydrogen (secondary N) is 1. The number of halogens is 1. The first kappa shape index (κ1) is 12.8. The molecule has 1 aromatic rings. The quantitative estimate of drug-likeness (QED) is 0.864. The number of carbonyl (C=O) groups is 1. The molecule has 0 spiro atoms. The number of carboxylic acid groups (broad SMARTS) is 1. The number of pyridine rings is 1. The Kier molecular flexibility index (Phi) is 3.50. The van der Waals surface area contributed by atoms with E-state index in [9.17, 15) is 9.18 Å². The lowest BCUT2D eigenvalue weighted by Crippen LogP contribution is -2.24. The largest absolute Gasteiger partial charge is 0.478 e. The monoisotopic (exact) mass is 252 g/mol. The lowest BCUT2D eigenvalue weighted by Gasteiger charge is -2.24. The van der Waals surface area contributed by atoms with Gasteiger partial charge in [0.05, 0.1) is 0 Å². The van der Waals surface area contributed by atoms with Crippen LogP contribution in [0, 0.1) is 11.2 Å². The van der Waals surface area contributed by atoms with Crippen molar-refractivity contribution >= 4 is 11.8 Å². The first-order valence-electron chi connectivity index (χ1n) is 6.13. The van der Waals surface area contributed by atoms with E-state index in [2.05, 4.69) is 17.2 Å². The molecule has 2 rings (SSSR count). The van der Waals surface area contributed by atoms with Gasteiger partial charge in [-0.2, -0.15) is 0 Å². The average molecular weight is 252 g/mol. The second kappa shape index (κ2) is 4.92. The van der Waals surface area contributed by atoms with Crippen LogP contribution in [0.1, 0.15) is 43.0 Å². The minimum atomic E-state index is -1.27. The zero-order valence-electron chi connectivity index (χ0n) is 10.4. The zero-order valence-corrected chi connectivity index (χ0v) is 10.4. The van der Waals surface area contributed by atoms with E-state index in [1.54, 1.807) is 0 Å². The van der Waals surface area contributed by atoms with Crippen LogP contribution in [0.2, 0.25) is 0 Å². The lowest BCUT2D eigenvalue weighted by atomic mass is 9.89. The zero-order chi connectivity index (χ0) is 13.2. The van der Waals surface area contributed by atoms with Crippen molar-refractivity contribution in [2.45, 2.75) is 32.6 Å². The number of hydrogen-bond donors (Lipinski definition) is 2. The Hall–Kier alpha value is -1.65. The summed E-state index contributed by atoms with van der Waals surface area (Å²) in [5.74, 6) is -2.03. The van der Waals surface area contributed by atoms with E-state index in [0.717, 1.165) is 12.8 Å². The topological polar surface area (TPSA) is 62.2 Å². The summed E-state index contributed by atoms with van der Waals surface area (Å²) < 4.78 is 13.8. The molecule has 0 aliphatic heterocycles. The summed E-state index contributed by atoms with van der Waals surface area (Å²) in [5.41, 5.74) is -0.183. The number of hydrogen-bond acceptors (Lipinski definition) is 3. The SMILES string of the molecule is CC1(CNc2nccc(C(=O)O)c2F)CCCC1. The molecule has 0 unspecified atom stereocenters. The van der Waals surface area contributed by atoms with Crippen LogP contribution in [0.25, 0.3) is 0 Å². The highest BCUT2D eigenvalue weighted by atomic mass is 19.1. The van der Waals surface area contributed by atoms with Crippen LogP contribution in [0.3, 0.4) is 0 Å². The predicted octanol–water partition coefficient (Wildman–Crippen LogP) is 2.91. The summed E-state index contributed by atoms with van der Waals surface area (Å²) in [6.45, 7) is 2.78. The fraction of sp³-hybridized carbons (Fsp3) is 0.538. The van der Waals surface area contributed by atoms with E-state index in [1.165, 1.54) is 25.1 Å². The van der Waals surface area contributed by atoms with Gasteiger partial charge in [0.2, 0.25) is 0 Å². The van der Waals surface area contributed by atoms with Crippen LogP contribution in [0.4, 0.5) is 10.2 Å². The van der Waals surface area contributed by atoms with Gasteiger partial charge in [0.15, 0.2) is 11.6 Å². The highest BCUT2D eigenvalue weighted by Gasteiger charge is 2.29. The van der Waals surface area contributed by atoms with Gasteiger partial charge in [0, 0.05) is 12.7 Å². The van der Waals surface area contributed by atoms with Gasteiger partial charge in [-0.05, 0) is 24.3 Å². The third kappa shape index (κ3) is 2.60. The molecule has 0 bridgehead atoms.